The van der Waals surface area contributed by atoms with Crippen LogP contribution in [0.4, 0.5) is 17.7 Å². The molecule has 784 valence electrons. The van der Waals surface area contributed by atoms with Gasteiger partial charge in [-0.3, -0.25) is 90.0 Å². The molecule has 0 saturated carbocycles. The molecule has 12 N–H and O–H groups in total. The van der Waals surface area contributed by atoms with E-state index in [9.17, 15) is 58.1 Å². The van der Waals surface area contributed by atoms with Crippen molar-refractivity contribution < 1.29 is 154 Å². The van der Waals surface area contributed by atoms with E-state index in [2.05, 4.69) is 59.8 Å². The van der Waals surface area contributed by atoms with E-state index < -0.39 is 298 Å². The van der Waals surface area contributed by atoms with Crippen LogP contribution in [0.5, 0.6) is 0 Å². The van der Waals surface area contributed by atoms with E-state index >= 15 is 23.5 Å². The van der Waals surface area contributed by atoms with E-state index in [1.807, 2.05) is 0 Å². The molecule has 8 aliphatic heterocycles. The minimum atomic E-state index is -6.26. The van der Waals surface area contributed by atoms with E-state index in [1.165, 1.54) is 65.9 Å². The summed E-state index contributed by atoms with van der Waals surface area (Å²) in [6.45, 7) is -20.3. The maximum absolute atomic E-state index is 15.3. The molecule has 4 bridgehead atoms. The molecule has 17 rings (SSSR count). The zero-order valence-corrected chi connectivity index (χ0v) is 84.0. The summed E-state index contributed by atoms with van der Waals surface area (Å²) in [5, 5.41) is 10.8. The van der Waals surface area contributed by atoms with Crippen molar-refractivity contribution in [3.8, 4) is 0 Å². The van der Waals surface area contributed by atoms with Crippen molar-refractivity contribution in [2.45, 2.75) is 194 Å². The molecule has 17 heterocycles. The number of rotatable bonds is 43. The fourth-order valence-electron chi connectivity index (χ4n) is 17.6. The van der Waals surface area contributed by atoms with Gasteiger partial charge in [0.1, 0.15) is 129 Å². The molecule has 62 nitrogen and oxygen atoms in total. The summed E-state index contributed by atoms with van der Waals surface area (Å²) in [5.41, 5.74) is 4.79. The fourth-order valence-corrected chi connectivity index (χ4v) is 24.9. The topological polar surface area (TPSA) is 822 Å². The number of aliphatic hydroxyl groups excluding tert-OH is 1. The number of aryl methyl sites for hydroxylation is 3. The summed E-state index contributed by atoms with van der Waals surface area (Å²) in [6.07, 6.45) is -29.3. The van der Waals surface area contributed by atoms with Gasteiger partial charge < -0.3 is 170 Å². The number of hydrogen-bond acceptors (Lipinski definition) is 55. The second kappa shape index (κ2) is 41.8. The average molecular weight is 2210 g/mol. The van der Waals surface area contributed by atoms with Crippen LogP contribution in [0.2, 0.25) is 0 Å². The van der Waals surface area contributed by atoms with Crippen molar-refractivity contribution in [3.05, 3.63) is 144 Å². The number of H-pyrrole nitrogens is 5. The predicted molar refractivity (Wildman–Crippen MR) is 482 cm³/mol. The summed E-state index contributed by atoms with van der Waals surface area (Å²) in [7, 11) is -8.81. The number of hydrogen-bond donors (Lipinski definition) is 9. The molecule has 10 unspecified atom stereocenters. The molecule has 143 heavy (non-hydrogen) atoms. The molecule has 0 aliphatic carbocycles. The maximum atomic E-state index is 15.3. The zero-order valence-electron chi connectivity index (χ0n) is 75.4. The molecular weight excluding hydrogens is 2120 g/mol. The lowest BCUT2D eigenvalue weighted by molar-refractivity contribution is -0.257. The minimum absolute atomic E-state index is 0.0118. The Morgan fingerprint density at radius 2 is 0.888 bits per heavy atom. The van der Waals surface area contributed by atoms with E-state index in [1.54, 1.807) is 0 Å². The molecule has 9 aromatic rings. The lowest BCUT2D eigenvalue weighted by atomic mass is 9.94. The Hall–Kier alpha value is -7.52. The quantitative estimate of drug-likeness (QED) is 0.00977. The summed E-state index contributed by atoms with van der Waals surface area (Å²) in [6, 6.07) is 0. The van der Waals surface area contributed by atoms with Gasteiger partial charge >= 0.3 is 17.1 Å². The van der Waals surface area contributed by atoms with E-state index in [4.69, 9.17) is 176 Å². The van der Waals surface area contributed by atoms with Crippen molar-refractivity contribution in [2.24, 2.45) is 0 Å². The Kier molecular flexibility index (Phi) is 31.2. The van der Waals surface area contributed by atoms with Gasteiger partial charge in [0.15, 0.2) is 65.5 Å². The largest absolute Gasteiger partial charge is 0.780 e. The van der Waals surface area contributed by atoms with Gasteiger partial charge in [0.05, 0.1) is 109 Å². The summed E-state index contributed by atoms with van der Waals surface area (Å²) < 4.78 is 196. The van der Waals surface area contributed by atoms with E-state index in [0.29, 0.717) is 0 Å². The fraction of sp³-hybridized carbons (Fsp3) is 0.620. The Bertz CT molecular complexity index is 7160. The van der Waals surface area contributed by atoms with Crippen molar-refractivity contribution in [1.82, 2.24) is 87.2 Å². The van der Waals surface area contributed by atoms with Crippen molar-refractivity contribution in [3.63, 3.8) is 0 Å². The van der Waals surface area contributed by atoms with Crippen molar-refractivity contribution in [1.29, 1.82) is 0 Å². The van der Waals surface area contributed by atoms with Crippen LogP contribution in [0.25, 0.3) is 33.5 Å². The standard InChI is InChI=1S/C71H95N21O41P6S4/c1-28-15-87(67(99)84-56(28)94)39-13-33(128-136(106,140)112-8)36(122-39)19-115-137(107,141)129-34-14-40(88-16-29(2)57(95)85-68(88)100)123-37(34)20-116-139(109,143)133-51-49-64(92-27-79-43-55(92)81-66(74)83-60(43)98)127-71(51,32(5)121-49)23-119-135(104,105)132-50-48-63(89-17-30(3)58(96)86-69(89)101)126-70(50,31(4)120-48)22-118-134(102,103)130-45-38(125-62(47(45)114-12-10-111-7)91-26-78-42-54(91)80-65(73)82-59(42)97)21-117-138(108,142)131-44-35(18-93)124-61(46(44)113-11-9-110-6)90-25-77-41-52(72)75-24-76-53(41)90/h15-17,24-27,31-40,44-51,61-64,93H,9-14,18-23H2,1-8H3,(H,102,103)(H,104,105)(H,106,140)(H,107,141)(H,108,142)(H,109,143)(H2,72,75,76)(H,84,94,99)(H,85,95,100)(H,86,96,101)(H3,73,80,82,97)(H3,74,81,83,98)/p-6/t31-,32-,33+,34+,35+,36+,37+,38+,39+,40+,44-,45-,46?,47?,48?,49?,50+,51+,61+,62+,63+,64+,70-,71-,136?,137?,138?,139?/m0/s1. The third-order valence-corrected chi connectivity index (χ3v) is 32.7. The number of phosphoric ester groups is 2. The summed E-state index contributed by atoms with van der Waals surface area (Å²) >= 11 is 21.5. The highest BCUT2D eigenvalue weighted by Gasteiger charge is 2.71. The molecule has 72 heteroatoms. The van der Waals surface area contributed by atoms with Gasteiger partial charge in [-0.15, -0.1) is 0 Å². The molecule has 0 radical (unpaired) electrons. The second-order valence-electron chi connectivity index (χ2n) is 33.5. The number of fused-ring (bicyclic) bond motifs is 7. The molecule has 30 atom stereocenters. The number of methoxy groups -OCH3 is 2. The molecule has 9 aromatic heterocycles. The first kappa shape index (κ1) is 107. The van der Waals surface area contributed by atoms with Crippen LogP contribution in [-0.2, 0) is 172 Å². The number of nitrogens with zero attached hydrogens (tertiary/aromatic N) is 13. The van der Waals surface area contributed by atoms with Crippen LogP contribution in [0.15, 0.2) is 82.3 Å². The number of nitrogens with two attached hydrogens (primary N) is 3. The number of aromatic amines is 5. The Balaban J connectivity index is 0.648. The van der Waals surface area contributed by atoms with Gasteiger partial charge in [0.2, 0.25) is 11.9 Å². The van der Waals surface area contributed by atoms with Gasteiger partial charge in [-0.25, -0.2) is 39.3 Å². The average Bonchev–Trinajstić information content (AvgIpc) is 1.05. The zero-order chi connectivity index (χ0) is 103. The molecular formula is C71H89N21O41P6S4-6. The highest BCUT2D eigenvalue weighted by atomic mass is 32.7. The van der Waals surface area contributed by atoms with Crippen LogP contribution in [0, 0.1) is 20.8 Å². The monoisotopic (exact) mass is 2210 g/mol. The number of aliphatic hydroxyl groups is 1. The Labute approximate surface area is 820 Å². The molecule has 8 aliphatic rings. The van der Waals surface area contributed by atoms with Gasteiger partial charge in [-0.1, -0.05) is 35.4 Å². The van der Waals surface area contributed by atoms with Crippen LogP contribution in [-0.4, -0.2) is 289 Å². The highest BCUT2D eigenvalue weighted by molar-refractivity contribution is 8.32. The van der Waals surface area contributed by atoms with E-state index in [-0.39, 0.29) is 82.2 Å². The second-order valence-corrected chi connectivity index (χ2v) is 47.1. The smallest absolute Gasteiger partial charge is 0.330 e. The van der Waals surface area contributed by atoms with Crippen LogP contribution >= 0.6 is 42.6 Å². The van der Waals surface area contributed by atoms with Crippen LogP contribution < -0.4 is 86.5 Å². The van der Waals surface area contributed by atoms with Crippen LogP contribution in [0.1, 0.15) is 80.7 Å². The molecule has 8 saturated heterocycles. The number of anilines is 3. The molecule has 0 amide bonds. The normalized spacial score (nSPS) is 32.1. The maximum Gasteiger partial charge on any atom is 0.330 e. The third kappa shape index (κ3) is 21.9. The number of imidazole rings is 3. The van der Waals surface area contributed by atoms with Gasteiger partial charge in [-0.2, -0.15) is 9.97 Å². The lowest BCUT2D eigenvalue weighted by Gasteiger charge is -2.40. The molecule has 8 fully saturated rings. The minimum Gasteiger partial charge on any atom is -0.780 e. The number of phosphoric acid groups is 2. The van der Waals surface area contributed by atoms with Crippen molar-refractivity contribution in [2.75, 3.05) is 105 Å². The SMILES string of the molecule is COCCOC1[C@@H](OP([O-])(=S)OC[C@H]2O[C@@H](n3cnc4c(=O)[nH]c(N)nc43)C(OCCOC)[C@H]2OP(=O)([O-])OC[C@]23O[C@@H](n4cc(C)c(=O)[nH]c4=O)C(O[C@H]2C)[C@H]3OP(=O)([O-])OC[C@]23O[C@@H](n4cnc5c(=O)[nH]c(N)nc54)C(O[C@H]2C)[C@H]3OP(=O)([S-])OC[C@H]2O[C@@H](n3cc(C)c(=O)[nH]c3=O)C[C@H]2OP([O-])(=S)OC[C@H]2O[C@@H](n3cc(C)c(=O)[nH]c3=O)C[C@H]2OP([O-])(=S)OC)[C@@H](CO)O[C@H]1n1cnc2c(N)ncnc21. The Morgan fingerprint density at radius 3 is 1.38 bits per heavy atom. The van der Waals surface area contributed by atoms with Gasteiger partial charge in [0.25, 0.3) is 43.4 Å². The van der Waals surface area contributed by atoms with Crippen LogP contribution in [0.3, 0.4) is 0 Å². The lowest BCUT2D eigenvalue weighted by Crippen LogP contribution is -2.52. The molecule has 0 spiro atoms. The number of aromatic nitrogens is 18. The van der Waals surface area contributed by atoms with Gasteiger partial charge in [-0.05, 0) is 34.6 Å². The Morgan fingerprint density at radius 1 is 0.469 bits per heavy atom. The number of nitrogen functional groups attached to an aromatic ring is 3. The summed E-state index contributed by atoms with van der Waals surface area (Å²) in [5.74, 6) is -0.895. The number of ether oxygens (including phenoxy) is 12. The first-order valence-electron chi connectivity index (χ1n) is 42.8. The predicted octanol–water partition coefficient (Wildman–Crippen LogP) is -5.66. The number of nitrogens with one attached hydrogen (secondary N) is 5. The van der Waals surface area contributed by atoms with Gasteiger partial charge in [0, 0.05) is 69.5 Å². The highest BCUT2D eigenvalue weighted by Crippen LogP contribution is 2.63. The first-order chi connectivity index (χ1) is 67.6. The third-order valence-electron chi connectivity index (χ3n) is 24.5. The first-order valence-corrected chi connectivity index (χ1v) is 55.9. The molecule has 0 aromatic carbocycles. The van der Waals surface area contributed by atoms with E-state index in [0.717, 1.165) is 61.3 Å². The summed E-state index contributed by atoms with van der Waals surface area (Å²) in [4.78, 5) is 219. The van der Waals surface area contributed by atoms with Crippen molar-refractivity contribution >= 4 is 141 Å².